The maximum absolute atomic E-state index is 13.3. The van der Waals surface area contributed by atoms with Crippen molar-refractivity contribution in [3.63, 3.8) is 0 Å². The van der Waals surface area contributed by atoms with Crippen LogP contribution in [0.15, 0.2) is 47.4 Å². The van der Waals surface area contributed by atoms with Crippen LogP contribution in [0.1, 0.15) is 30.9 Å². The molecule has 0 saturated carbocycles. The highest BCUT2D eigenvalue weighted by Gasteiger charge is 2.40. The third kappa shape index (κ3) is 4.05. The second kappa shape index (κ2) is 8.32. The number of benzene rings is 2. The van der Waals surface area contributed by atoms with Crippen molar-refractivity contribution in [2.45, 2.75) is 44.0 Å². The summed E-state index contributed by atoms with van der Waals surface area (Å²) in [5.41, 5.74) is 2.47. The third-order valence-electron chi connectivity index (χ3n) is 5.12. The highest BCUT2D eigenvalue weighted by molar-refractivity contribution is 7.89. The number of methoxy groups -OCH3 is 1. The molecule has 1 aliphatic rings. The van der Waals surface area contributed by atoms with Gasteiger partial charge in [-0.3, -0.25) is 4.79 Å². The van der Waals surface area contributed by atoms with Crippen molar-refractivity contribution in [3.8, 4) is 5.75 Å². The van der Waals surface area contributed by atoms with Crippen molar-refractivity contribution in [1.82, 2.24) is 4.31 Å². The summed E-state index contributed by atoms with van der Waals surface area (Å²) in [6.07, 6.45) is 2.07. The summed E-state index contributed by atoms with van der Waals surface area (Å²) in [4.78, 5) is 13.0. The van der Waals surface area contributed by atoms with Gasteiger partial charge in [0, 0.05) is 18.3 Å². The molecule has 1 aliphatic heterocycles. The molecule has 0 radical (unpaired) electrons. The normalized spacial score (nSPS) is 17.5. The first-order valence-corrected chi connectivity index (χ1v) is 10.9. The zero-order chi connectivity index (χ0) is 20.3. The van der Waals surface area contributed by atoms with Gasteiger partial charge in [-0.25, -0.2) is 8.42 Å². The number of anilines is 1. The first-order chi connectivity index (χ1) is 13.4. The smallest absolute Gasteiger partial charge is 0.244 e. The van der Waals surface area contributed by atoms with E-state index in [0.717, 1.165) is 6.42 Å². The molecule has 3 rings (SSSR count). The molecule has 0 aliphatic carbocycles. The number of rotatable bonds is 6. The van der Waals surface area contributed by atoms with Crippen LogP contribution in [0.25, 0.3) is 0 Å². The number of nitrogens with one attached hydrogen (secondary N) is 1. The second-order valence-electron chi connectivity index (χ2n) is 6.94. The number of sulfonamides is 1. The molecule has 0 bridgehead atoms. The van der Waals surface area contributed by atoms with Gasteiger partial charge in [0.1, 0.15) is 11.8 Å². The molecular formula is C21H26N2O4S. The molecule has 1 heterocycles. The third-order valence-corrected chi connectivity index (χ3v) is 7.17. The molecule has 150 valence electrons. The van der Waals surface area contributed by atoms with Crippen LogP contribution < -0.4 is 10.1 Å². The lowest BCUT2D eigenvalue weighted by Gasteiger charge is -2.24. The Kier molecular flexibility index (Phi) is 6.05. The summed E-state index contributed by atoms with van der Waals surface area (Å²) in [6, 6.07) is 11.8. The Bertz CT molecular complexity index is 955. The largest absolute Gasteiger partial charge is 0.497 e. The van der Waals surface area contributed by atoms with Crippen molar-refractivity contribution in [2.75, 3.05) is 19.0 Å². The number of amides is 1. The molecule has 2 aromatic carbocycles. The SMILES string of the molecule is CCc1ccc(NC(=O)[C@@H]2CCCN2S(=O)(=O)c2cc(OC)ccc2C)cc1. The molecule has 1 saturated heterocycles. The van der Waals surface area contributed by atoms with E-state index in [-0.39, 0.29) is 10.8 Å². The van der Waals surface area contributed by atoms with E-state index >= 15 is 0 Å². The number of ether oxygens (including phenoxy) is 1. The van der Waals surface area contributed by atoms with Gasteiger partial charge in [-0.05, 0) is 55.5 Å². The van der Waals surface area contributed by atoms with Crippen molar-refractivity contribution in [2.24, 2.45) is 0 Å². The fourth-order valence-electron chi connectivity index (χ4n) is 3.45. The van der Waals surface area contributed by atoms with Crippen LogP contribution in [0.5, 0.6) is 5.75 Å². The Hall–Kier alpha value is -2.38. The molecule has 1 N–H and O–H groups in total. The highest BCUT2D eigenvalue weighted by atomic mass is 32.2. The van der Waals surface area contributed by atoms with Crippen LogP contribution in [0.2, 0.25) is 0 Å². The summed E-state index contributed by atoms with van der Waals surface area (Å²) in [6.45, 7) is 4.13. The second-order valence-corrected chi connectivity index (χ2v) is 8.80. The van der Waals surface area contributed by atoms with Gasteiger partial charge in [0.2, 0.25) is 15.9 Å². The zero-order valence-electron chi connectivity index (χ0n) is 16.4. The Morgan fingerprint density at radius 2 is 1.93 bits per heavy atom. The highest BCUT2D eigenvalue weighted by Crippen LogP contribution is 2.30. The van der Waals surface area contributed by atoms with Gasteiger partial charge < -0.3 is 10.1 Å². The molecule has 0 aromatic heterocycles. The van der Waals surface area contributed by atoms with Crippen molar-refractivity contribution < 1.29 is 17.9 Å². The molecule has 0 unspecified atom stereocenters. The lowest BCUT2D eigenvalue weighted by atomic mass is 10.1. The molecule has 6 nitrogen and oxygen atoms in total. The van der Waals surface area contributed by atoms with E-state index in [1.165, 1.54) is 23.0 Å². The monoisotopic (exact) mass is 402 g/mol. The lowest BCUT2D eigenvalue weighted by Crippen LogP contribution is -2.43. The molecular weight excluding hydrogens is 376 g/mol. The quantitative estimate of drug-likeness (QED) is 0.804. The van der Waals surface area contributed by atoms with E-state index in [1.54, 1.807) is 19.1 Å². The number of carbonyl (C=O) groups is 1. The molecule has 1 fully saturated rings. The van der Waals surface area contributed by atoms with Crippen molar-refractivity contribution in [3.05, 3.63) is 53.6 Å². The van der Waals surface area contributed by atoms with Crippen molar-refractivity contribution >= 4 is 21.6 Å². The van der Waals surface area contributed by atoms with Gasteiger partial charge in [0.15, 0.2) is 0 Å². The Morgan fingerprint density at radius 1 is 1.21 bits per heavy atom. The van der Waals surface area contributed by atoms with Crippen LogP contribution in [-0.2, 0) is 21.2 Å². The predicted molar refractivity (Wildman–Crippen MR) is 109 cm³/mol. The van der Waals surface area contributed by atoms with Gasteiger partial charge in [0.05, 0.1) is 12.0 Å². The molecule has 7 heteroatoms. The summed E-state index contributed by atoms with van der Waals surface area (Å²) in [5.74, 6) is 0.172. The van der Waals surface area contributed by atoms with Gasteiger partial charge in [0.25, 0.3) is 0 Å². The average molecular weight is 403 g/mol. The van der Waals surface area contributed by atoms with E-state index in [9.17, 15) is 13.2 Å². The lowest BCUT2D eigenvalue weighted by molar-refractivity contribution is -0.119. The van der Waals surface area contributed by atoms with Crippen molar-refractivity contribution in [1.29, 1.82) is 0 Å². The minimum absolute atomic E-state index is 0.179. The predicted octanol–water partition coefficient (Wildman–Crippen LogP) is 3.36. The molecule has 2 aromatic rings. The van der Waals surface area contributed by atoms with Crippen LogP contribution >= 0.6 is 0 Å². The fraction of sp³-hybridized carbons (Fsp3) is 0.381. The van der Waals surface area contributed by atoms with E-state index in [0.29, 0.717) is 36.4 Å². The minimum Gasteiger partial charge on any atom is -0.497 e. The molecule has 1 amide bonds. The first-order valence-electron chi connectivity index (χ1n) is 9.43. The van der Waals surface area contributed by atoms with E-state index in [1.807, 2.05) is 24.3 Å². The zero-order valence-corrected chi connectivity index (χ0v) is 17.3. The fourth-order valence-corrected chi connectivity index (χ4v) is 5.35. The van der Waals surface area contributed by atoms with Crippen LogP contribution in [0.4, 0.5) is 5.69 Å². The average Bonchev–Trinajstić information content (AvgIpc) is 3.20. The van der Waals surface area contributed by atoms with Gasteiger partial charge in [-0.1, -0.05) is 25.1 Å². The number of aryl methyl sites for hydroxylation is 2. The summed E-state index contributed by atoms with van der Waals surface area (Å²) >= 11 is 0. The van der Waals surface area contributed by atoms with Gasteiger partial charge >= 0.3 is 0 Å². The van der Waals surface area contributed by atoms with E-state index in [2.05, 4.69) is 12.2 Å². The number of nitrogens with zero attached hydrogens (tertiary/aromatic N) is 1. The Balaban J connectivity index is 1.84. The summed E-state index contributed by atoms with van der Waals surface area (Å²) in [5, 5.41) is 2.86. The Morgan fingerprint density at radius 3 is 2.57 bits per heavy atom. The number of carbonyl (C=O) groups excluding carboxylic acids is 1. The van der Waals surface area contributed by atoms with Gasteiger partial charge in [-0.15, -0.1) is 0 Å². The van der Waals surface area contributed by atoms with Crippen LogP contribution in [0, 0.1) is 6.92 Å². The summed E-state index contributed by atoms with van der Waals surface area (Å²) in [7, 11) is -2.31. The Labute approximate surface area is 166 Å². The van der Waals surface area contributed by atoms with Crippen LogP contribution in [0.3, 0.4) is 0 Å². The van der Waals surface area contributed by atoms with Crippen LogP contribution in [-0.4, -0.2) is 38.3 Å². The maximum Gasteiger partial charge on any atom is 0.244 e. The maximum atomic E-state index is 13.3. The molecule has 0 spiro atoms. The number of hydrogen-bond donors (Lipinski definition) is 1. The van der Waals surface area contributed by atoms with E-state index < -0.39 is 16.1 Å². The topological polar surface area (TPSA) is 75.7 Å². The van der Waals surface area contributed by atoms with E-state index in [4.69, 9.17) is 4.74 Å². The minimum atomic E-state index is -3.81. The molecule has 28 heavy (non-hydrogen) atoms. The molecule has 1 atom stereocenters. The first kappa shape index (κ1) is 20.4. The number of hydrogen-bond acceptors (Lipinski definition) is 4. The summed E-state index contributed by atoms with van der Waals surface area (Å²) < 4.78 is 33.0. The standard InChI is InChI=1S/C21H26N2O4S/c1-4-16-8-10-17(11-9-16)22-21(24)19-6-5-13-23(19)28(25,26)20-14-18(27-3)12-7-15(20)2/h7-12,14,19H,4-6,13H2,1-3H3,(H,22,24)/t19-/m0/s1. The van der Waals surface area contributed by atoms with Gasteiger partial charge in [-0.2, -0.15) is 4.31 Å².